The lowest BCUT2D eigenvalue weighted by Crippen LogP contribution is -2.01. The highest BCUT2D eigenvalue weighted by Gasteiger charge is 2.27. The van der Waals surface area contributed by atoms with Gasteiger partial charge in [-0.3, -0.25) is 9.78 Å². The molecule has 0 radical (unpaired) electrons. The molecule has 4 heteroatoms. The highest BCUT2D eigenvalue weighted by Crippen LogP contribution is 2.41. The molecule has 1 heterocycles. The summed E-state index contributed by atoms with van der Waals surface area (Å²) in [7, 11) is 0. The van der Waals surface area contributed by atoms with Crippen LogP contribution < -0.4 is 0 Å². The Hall–Kier alpha value is -1.09. The summed E-state index contributed by atoms with van der Waals surface area (Å²) in [5.74, 6) is -0.358. The third kappa shape index (κ3) is 2.04. The quantitative estimate of drug-likeness (QED) is 0.834. The van der Waals surface area contributed by atoms with Crippen LogP contribution in [0.2, 0.25) is 5.02 Å². The SMILES string of the molecule is O=C(O)Cc1cnc(C2CC2)c(Cl)c1. The Kier molecular flexibility index (Phi) is 2.42. The third-order valence-electron chi connectivity index (χ3n) is 2.25. The van der Waals surface area contributed by atoms with Crippen LogP contribution in [-0.4, -0.2) is 16.1 Å². The molecule has 2 rings (SSSR count). The number of aromatic nitrogens is 1. The predicted octanol–water partition coefficient (Wildman–Crippen LogP) is 2.24. The van der Waals surface area contributed by atoms with Crippen molar-refractivity contribution in [2.75, 3.05) is 0 Å². The van der Waals surface area contributed by atoms with Gasteiger partial charge in [-0.2, -0.15) is 0 Å². The van der Waals surface area contributed by atoms with Gasteiger partial charge in [0.25, 0.3) is 0 Å². The Morgan fingerprint density at radius 3 is 2.86 bits per heavy atom. The molecule has 1 aliphatic carbocycles. The van der Waals surface area contributed by atoms with E-state index in [1.807, 2.05) is 0 Å². The fraction of sp³-hybridized carbons (Fsp3) is 0.400. The number of hydrogen-bond acceptors (Lipinski definition) is 2. The fourth-order valence-corrected chi connectivity index (χ4v) is 1.76. The molecular weight excluding hydrogens is 202 g/mol. The van der Waals surface area contributed by atoms with Crippen LogP contribution in [-0.2, 0) is 11.2 Å². The zero-order chi connectivity index (χ0) is 10.1. The molecule has 0 unspecified atom stereocenters. The lowest BCUT2D eigenvalue weighted by atomic mass is 10.1. The van der Waals surface area contributed by atoms with Crippen molar-refractivity contribution >= 4 is 17.6 Å². The number of aliphatic carboxylic acids is 1. The Labute approximate surface area is 86.7 Å². The largest absolute Gasteiger partial charge is 0.481 e. The van der Waals surface area contributed by atoms with Crippen molar-refractivity contribution < 1.29 is 9.90 Å². The summed E-state index contributed by atoms with van der Waals surface area (Å²) in [6.45, 7) is 0. The van der Waals surface area contributed by atoms with E-state index in [9.17, 15) is 4.79 Å². The lowest BCUT2D eigenvalue weighted by molar-refractivity contribution is -0.136. The first-order valence-electron chi connectivity index (χ1n) is 4.53. The molecule has 1 N–H and O–H groups in total. The van der Waals surface area contributed by atoms with E-state index in [2.05, 4.69) is 4.98 Å². The minimum Gasteiger partial charge on any atom is -0.481 e. The van der Waals surface area contributed by atoms with Gasteiger partial charge < -0.3 is 5.11 Å². The van der Waals surface area contributed by atoms with Gasteiger partial charge in [0, 0.05) is 12.1 Å². The van der Waals surface area contributed by atoms with Crippen LogP contribution in [0.4, 0.5) is 0 Å². The molecule has 0 saturated heterocycles. The summed E-state index contributed by atoms with van der Waals surface area (Å²) >= 11 is 5.99. The van der Waals surface area contributed by atoms with Gasteiger partial charge in [-0.15, -0.1) is 0 Å². The minimum absolute atomic E-state index is 0.0162. The maximum absolute atomic E-state index is 10.4. The lowest BCUT2D eigenvalue weighted by Gasteiger charge is -2.02. The minimum atomic E-state index is -0.859. The molecule has 14 heavy (non-hydrogen) atoms. The second-order valence-electron chi connectivity index (χ2n) is 3.56. The maximum atomic E-state index is 10.4. The zero-order valence-corrected chi connectivity index (χ0v) is 8.29. The summed E-state index contributed by atoms with van der Waals surface area (Å²) in [6, 6.07) is 1.70. The number of pyridine rings is 1. The van der Waals surface area contributed by atoms with Gasteiger partial charge in [-0.05, 0) is 24.5 Å². The van der Waals surface area contributed by atoms with E-state index in [4.69, 9.17) is 16.7 Å². The van der Waals surface area contributed by atoms with Crippen molar-refractivity contribution in [2.45, 2.75) is 25.2 Å². The molecule has 0 aromatic carbocycles. The molecule has 0 bridgehead atoms. The molecule has 3 nitrogen and oxygen atoms in total. The molecule has 0 amide bonds. The number of halogens is 1. The average Bonchev–Trinajstić information content (AvgIpc) is 2.86. The molecule has 1 fully saturated rings. The van der Waals surface area contributed by atoms with Crippen molar-refractivity contribution in [1.29, 1.82) is 0 Å². The van der Waals surface area contributed by atoms with Crippen LogP contribution in [0, 0.1) is 0 Å². The summed E-state index contributed by atoms with van der Waals surface area (Å²) in [4.78, 5) is 14.6. The van der Waals surface area contributed by atoms with Crippen LogP contribution >= 0.6 is 11.6 Å². The summed E-state index contributed by atoms with van der Waals surface area (Å²) in [6.07, 6.45) is 3.88. The van der Waals surface area contributed by atoms with Crippen molar-refractivity contribution in [2.24, 2.45) is 0 Å². The van der Waals surface area contributed by atoms with E-state index in [1.165, 1.54) is 0 Å². The number of rotatable bonds is 3. The van der Waals surface area contributed by atoms with E-state index in [1.54, 1.807) is 12.3 Å². The number of hydrogen-bond donors (Lipinski definition) is 1. The first-order chi connectivity index (χ1) is 6.66. The summed E-state index contributed by atoms with van der Waals surface area (Å²) < 4.78 is 0. The molecule has 0 aliphatic heterocycles. The van der Waals surface area contributed by atoms with Gasteiger partial charge in [-0.25, -0.2) is 0 Å². The molecule has 74 valence electrons. The van der Waals surface area contributed by atoms with E-state index in [0.717, 1.165) is 18.5 Å². The van der Waals surface area contributed by atoms with Crippen molar-refractivity contribution in [3.63, 3.8) is 0 Å². The molecule has 1 aromatic heterocycles. The molecule has 1 aliphatic rings. The van der Waals surface area contributed by atoms with Gasteiger partial charge in [0.05, 0.1) is 17.1 Å². The number of carbonyl (C=O) groups is 1. The topological polar surface area (TPSA) is 50.2 Å². The Bertz CT molecular complexity index is 374. The van der Waals surface area contributed by atoms with Gasteiger partial charge in [0.2, 0.25) is 0 Å². The number of carboxylic acid groups (broad SMARTS) is 1. The second kappa shape index (κ2) is 3.58. The van der Waals surface area contributed by atoms with Crippen molar-refractivity contribution in [3.05, 3.63) is 28.5 Å². The number of nitrogens with zero attached hydrogens (tertiary/aromatic N) is 1. The zero-order valence-electron chi connectivity index (χ0n) is 7.53. The van der Waals surface area contributed by atoms with Gasteiger partial charge >= 0.3 is 5.97 Å². The Balaban J connectivity index is 2.21. The van der Waals surface area contributed by atoms with Crippen LogP contribution in [0.1, 0.15) is 30.0 Å². The highest BCUT2D eigenvalue weighted by molar-refractivity contribution is 6.31. The molecule has 0 atom stereocenters. The molecule has 1 saturated carbocycles. The smallest absolute Gasteiger partial charge is 0.307 e. The van der Waals surface area contributed by atoms with Crippen molar-refractivity contribution in [1.82, 2.24) is 4.98 Å². The second-order valence-corrected chi connectivity index (χ2v) is 3.96. The van der Waals surface area contributed by atoms with Crippen LogP contribution in [0.5, 0.6) is 0 Å². The van der Waals surface area contributed by atoms with Gasteiger partial charge in [0.15, 0.2) is 0 Å². The number of carboxylic acids is 1. The Morgan fingerprint density at radius 1 is 1.64 bits per heavy atom. The normalized spacial score (nSPS) is 15.5. The van der Waals surface area contributed by atoms with Crippen LogP contribution in [0.3, 0.4) is 0 Å². The fourth-order valence-electron chi connectivity index (χ4n) is 1.42. The first-order valence-corrected chi connectivity index (χ1v) is 4.90. The van der Waals surface area contributed by atoms with Crippen molar-refractivity contribution in [3.8, 4) is 0 Å². The third-order valence-corrected chi connectivity index (χ3v) is 2.55. The van der Waals surface area contributed by atoms with Gasteiger partial charge in [-0.1, -0.05) is 11.6 Å². The highest BCUT2D eigenvalue weighted by atomic mass is 35.5. The molecular formula is C10H10ClNO2. The molecule has 0 spiro atoms. The van der Waals surface area contributed by atoms with Crippen LogP contribution in [0.25, 0.3) is 0 Å². The Morgan fingerprint density at radius 2 is 2.36 bits per heavy atom. The van der Waals surface area contributed by atoms with E-state index >= 15 is 0 Å². The maximum Gasteiger partial charge on any atom is 0.307 e. The average molecular weight is 212 g/mol. The monoisotopic (exact) mass is 211 g/mol. The first kappa shape index (κ1) is 9.46. The van der Waals surface area contributed by atoms with E-state index in [-0.39, 0.29) is 6.42 Å². The van der Waals surface area contributed by atoms with Gasteiger partial charge in [0.1, 0.15) is 0 Å². The summed E-state index contributed by atoms with van der Waals surface area (Å²) in [5.41, 5.74) is 1.58. The van der Waals surface area contributed by atoms with Crippen LogP contribution in [0.15, 0.2) is 12.3 Å². The predicted molar refractivity (Wildman–Crippen MR) is 52.6 cm³/mol. The van der Waals surface area contributed by atoms with E-state index in [0.29, 0.717) is 16.5 Å². The standard InChI is InChI=1S/C10H10ClNO2/c11-8-3-6(4-9(13)14)5-12-10(8)7-1-2-7/h3,5,7H,1-2,4H2,(H,13,14). The summed E-state index contributed by atoms with van der Waals surface area (Å²) in [5, 5.41) is 9.18. The molecule has 1 aromatic rings. The van der Waals surface area contributed by atoms with E-state index < -0.39 is 5.97 Å².